The highest BCUT2D eigenvalue weighted by molar-refractivity contribution is 5.92. The number of para-hydroxylation sites is 1. The Labute approximate surface area is 158 Å². The van der Waals surface area contributed by atoms with Gasteiger partial charge < -0.3 is 9.15 Å². The highest BCUT2D eigenvalue weighted by Gasteiger charge is 2.40. The summed E-state index contributed by atoms with van der Waals surface area (Å²) in [7, 11) is 0. The zero-order chi connectivity index (χ0) is 18.6. The van der Waals surface area contributed by atoms with E-state index in [4.69, 9.17) is 9.15 Å². The van der Waals surface area contributed by atoms with Gasteiger partial charge in [0, 0.05) is 6.42 Å². The van der Waals surface area contributed by atoms with Crippen molar-refractivity contribution in [3.63, 3.8) is 0 Å². The van der Waals surface area contributed by atoms with Crippen LogP contribution in [0.4, 0.5) is 0 Å². The van der Waals surface area contributed by atoms with Crippen molar-refractivity contribution in [3.05, 3.63) is 54.0 Å². The number of carbonyl (C=O) groups excluding carboxylic acids is 2. The average Bonchev–Trinajstić information content (AvgIpc) is 3.42. The lowest BCUT2D eigenvalue weighted by atomic mass is 9.86. The fourth-order valence-electron chi connectivity index (χ4n) is 4.35. The van der Waals surface area contributed by atoms with E-state index >= 15 is 0 Å². The number of benzene rings is 1. The van der Waals surface area contributed by atoms with Gasteiger partial charge in [-0.3, -0.25) is 20.4 Å². The van der Waals surface area contributed by atoms with E-state index in [1.54, 1.807) is 12.1 Å². The first-order valence-electron chi connectivity index (χ1n) is 9.53. The molecule has 0 unspecified atom stereocenters. The molecule has 2 fully saturated rings. The number of hydrazine groups is 1. The van der Waals surface area contributed by atoms with Crippen molar-refractivity contribution >= 4 is 11.8 Å². The van der Waals surface area contributed by atoms with Crippen LogP contribution in [-0.4, -0.2) is 11.8 Å². The number of carbonyl (C=O) groups is 2. The minimum Gasteiger partial charge on any atom is -0.486 e. The Bertz CT molecular complexity index is 802. The monoisotopic (exact) mass is 368 g/mol. The van der Waals surface area contributed by atoms with Gasteiger partial charge in [-0.2, -0.15) is 0 Å². The van der Waals surface area contributed by atoms with Gasteiger partial charge in [-0.1, -0.05) is 24.6 Å². The van der Waals surface area contributed by atoms with Gasteiger partial charge in [-0.05, 0) is 61.3 Å². The van der Waals surface area contributed by atoms with Crippen molar-refractivity contribution in [2.45, 2.75) is 38.7 Å². The summed E-state index contributed by atoms with van der Waals surface area (Å²) in [5.74, 6) is 2.76. The van der Waals surface area contributed by atoms with Gasteiger partial charge in [0.05, 0.1) is 0 Å². The van der Waals surface area contributed by atoms with Crippen molar-refractivity contribution < 1.29 is 18.7 Å². The Balaban J connectivity index is 1.21. The normalized spacial score (nSPS) is 23.2. The molecular weight excluding hydrogens is 344 g/mol. The molecule has 1 aromatic heterocycles. The van der Waals surface area contributed by atoms with Crippen molar-refractivity contribution in [1.29, 1.82) is 0 Å². The van der Waals surface area contributed by atoms with E-state index in [1.165, 1.54) is 19.3 Å². The van der Waals surface area contributed by atoms with Crippen LogP contribution in [0.15, 0.2) is 46.9 Å². The van der Waals surface area contributed by atoms with E-state index in [2.05, 4.69) is 10.9 Å². The van der Waals surface area contributed by atoms with Crippen LogP contribution in [-0.2, 0) is 11.4 Å². The molecule has 2 amide bonds. The molecular formula is C21H24N2O4. The molecule has 2 aliphatic carbocycles. The lowest BCUT2D eigenvalue weighted by Crippen LogP contribution is -2.42. The molecule has 4 rings (SSSR count). The Hall–Kier alpha value is -2.76. The number of furan rings is 1. The largest absolute Gasteiger partial charge is 0.486 e. The minimum atomic E-state index is -0.470. The quantitative estimate of drug-likeness (QED) is 0.766. The van der Waals surface area contributed by atoms with Crippen molar-refractivity contribution in [2.75, 3.05) is 0 Å². The highest BCUT2D eigenvalue weighted by Crippen LogP contribution is 2.49. The number of hydrogen-bond donors (Lipinski definition) is 2. The molecule has 2 aliphatic rings. The molecule has 0 aliphatic heterocycles. The molecule has 6 nitrogen and oxygen atoms in total. The number of fused-ring (bicyclic) bond motifs is 2. The predicted octanol–water partition coefficient (Wildman–Crippen LogP) is 3.45. The maximum atomic E-state index is 12.1. The Morgan fingerprint density at radius 3 is 2.63 bits per heavy atom. The Kier molecular flexibility index (Phi) is 5.14. The van der Waals surface area contributed by atoms with Gasteiger partial charge in [0.25, 0.3) is 0 Å². The molecule has 2 N–H and O–H groups in total. The fourth-order valence-corrected chi connectivity index (χ4v) is 4.35. The summed E-state index contributed by atoms with van der Waals surface area (Å²) >= 11 is 0. The average molecular weight is 368 g/mol. The maximum absolute atomic E-state index is 12.1. The smallest absolute Gasteiger partial charge is 0.305 e. The second-order valence-electron chi connectivity index (χ2n) is 7.51. The van der Waals surface area contributed by atoms with Crippen LogP contribution >= 0.6 is 0 Å². The second kappa shape index (κ2) is 7.86. The van der Waals surface area contributed by atoms with E-state index < -0.39 is 5.91 Å². The van der Waals surface area contributed by atoms with Crippen LogP contribution in [0, 0.1) is 17.8 Å². The van der Waals surface area contributed by atoms with Crippen molar-refractivity contribution in [3.8, 4) is 5.75 Å². The molecule has 2 saturated carbocycles. The summed E-state index contributed by atoms with van der Waals surface area (Å²) in [4.78, 5) is 24.2. The number of nitrogens with one attached hydrogen (secondary N) is 2. The zero-order valence-electron chi connectivity index (χ0n) is 15.1. The second-order valence-corrected chi connectivity index (χ2v) is 7.51. The van der Waals surface area contributed by atoms with E-state index in [0.29, 0.717) is 24.0 Å². The molecule has 0 spiro atoms. The SMILES string of the molecule is O=C(C[C@@H]1C[C@@H]2CC[C@@H]1C2)NNC(=O)c1ccc(COc2ccccc2)o1. The lowest BCUT2D eigenvalue weighted by molar-refractivity contribution is -0.123. The number of rotatable bonds is 6. The third-order valence-electron chi connectivity index (χ3n) is 5.66. The van der Waals surface area contributed by atoms with E-state index in [0.717, 1.165) is 18.1 Å². The summed E-state index contributed by atoms with van der Waals surface area (Å²) in [5, 5.41) is 0. The van der Waals surface area contributed by atoms with E-state index in [-0.39, 0.29) is 18.3 Å². The molecule has 2 bridgehead atoms. The van der Waals surface area contributed by atoms with Crippen LogP contribution in [0.2, 0.25) is 0 Å². The molecule has 2 aromatic rings. The van der Waals surface area contributed by atoms with Crippen LogP contribution < -0.4 is 15.6 Å². The molecule has 142 valence electrons. The molecule has 27 heavy (non-hydrogen) atoms. The summed E-state index contributed by atoms with van der Waals surface area (Å²) in [6.07, 6.45) is 5.46. The van der Waals surface area contributed by atoms with E-state index in [9.17, 15) is 9.59 Å². The maximum Gasteiger partial charge on any atom is 0.305 e. The van der Waals surface area contributed by atoms with Crippen molar-refractivity contribution in [2.24, 2.45) is 17.8 Å². The standard InChI is InChI=1S/C21H24N2O4/c24-20(12-16-11-14-6-7-15(16)10-14)22-23-21(25)19-9-8-18(27-19)13-26-17-4-2-1-3-5-17/h1-5,8-9,14-16H,6-7,10-13H2,(H,22,24)(H,23,25)/t14-,15-,16+/m1/s1. The van der Waals surface area contributed by atoms with Crippen LogP contribution in [0.1, 0.15) is 48.4 Å². The molecule has 6 heteroatoms. The number of hydrogen-bond acceptors (Lipinski definition) is 4. The third kappa shape index (κ3) is 4.32. The van der Waals surface area contributed by atoms with Gasteiger partial charge >= 0.3 is 5.91 Å². The summed E-state index contributed by atoms with van der Waals surface area (Å²) in [6.45, 7) is 0.230. The first kappa shape index (κ1) is 17.6. The molecule has 3 atom stereocenters. The van der Waals surface area contributed by atoms with Crippen molar-refractivity contribution in [1.82, 2.24) is 10.9 Å². The third-order valence-corrected chi connectivity index (χ3v) is 5.66. The van der Waals surface area contributed by atoms with Crippen LogP contribution in [0.5, 0.6) is 5.75 Å². The van der Waals surface area contributed by atoms with Gasteiger partial charge in [0.1, 0.15) is 18.1 Å². The number of amides is 2. The molecule has 0 radical (unpaired) electrons. The Morgan fingerprint density at radius 1 is 1.04 bits per heavy atom. The van der Waals surface area contributed by atoms with Crippen LogP contribution in [0.25, 0.3) is 0 Å². The van der Waals surface area contributed by atoms with Gasteiger partial charge in [0.2, 0.25) is 5.91 Å². The minimum absolute atomic E-state index is 0.139. The first-order chi connectivity index (χ1) is 13.2. The molecule has 0 saturated heterocycles. The fraction of sp³-hybridized carbons (Fsp3) is 0.429. The van der Waals surface area contributed by atoms with Gasteiger partial charge in [-0.25, -0.2) is 0 Å². The summed E-state index contributed by atoms with van der Waals surface area (Å²) in [5.41, 5.74) is 4.94. The van der Waals surface area contributed by atoms with Gasteiger partial charge in [-0.15, -0.1) is 0 Å². The molecule has 1 aromatic carbocycles. The predicted molar refractivity (Wildman–Crippen MR) is 98.6 cm³/mol. The number of ether oxygens (including phenoxy) is 1. The Morgan fingerprint density at radius 2 is 1.89 bits per heavy atom. The summed E-state index contributed by atoms with van der Waals surface area (Å²) in [6, 6.07) is 12.6. The lowest BCUT2D eigenvalue weighted by Gasteiger charge is -2.20. The molecule has 1 heterocycles. The first-order valence-corrected chi connectivity index (χ1v) is 9.53. The highest BCUT2D eigenvalue weighted by atomic mass is 16.5. The zero-order valence-corrected chi connectivity index (χ0v) is 15.1. The van der Waals surface area contributed by atoms with Crippen LogP contribution in [0.3, 0.4) is 0 Å². The van der Waals surface area contributed by atoms with E-state index in [1.807, 2.05) is 30.3 Å². The summed E-state index contributed by atoms with van der Waals surface area (Å²) < 4.78 is 11.1. The van der Waals surface area contributed by atoms with Gasteiger partial charge in [0.15, 0.2) is 5.76 Å². The topological polar surface area (TPSA) is 80.6 Å².